The van der Waals surface area contributed by atoms with E-state index in [1.54, 1.807) is 55.3 Å². The van der Waals surface area contributed by atoms with Crippen molar-refractivity contribution in [2.45, 2.75) is 12.5 Å². The number of carbonyl (C=O) groups is 2. The van der Waals surface area contributed by atoms with Gasteiger partial charge in [0, 0.05) is 25.6 Å². The summed E-state index contributed by atoms with van der Waals surface area (Å²) in [6.45, 7) is 1.71. The molecule has 1 aliphatic rings. The van der Waals surface area contributed by atoms with Gasteiger partial charge in [-0.2, -0.15) is 0 Å². The number of hydrogen-bond acceptors (Lipinski definition) is 7. The van der Waals surface area contributed by atoms with Crippen LogP contribution >= 0.6 is 0 Å². The van der Waals surface area contributed by atoms with Crippen LogP contribution in [-0.2, 0) is 31.6 Å². The van der Waals surface area contributed by atoms with Crippen molar-refractivity contribution in [2.75, 3.05) is 14.2 Å². The summed E-state index contributed by atoms with van der Waals surface area (Å²) < 4.78 is 11.6. The molecule has 0 spiro atoms. The minimum Gasteiger partial charge on any atom is -0.466 e. The lowest BCUT2D eigenvalue weighted by Gasteiger charge is -2.23. The molecule has 8 heteroatoms. The molecule has 0 radical (unpaired) electrons. The summed E-state index contributed by atoms with van der Waals surface area (Å²) in [6, 6.07) is 5.28. The zero-order valence-electron chi connectivity index (χ0n) is 14.9. The number of nitrogens with zero attached hydrogens (tertiary/aromatic N) is 4. The molecule has 2 aromatic rings. The van der Waals surface area contributed by atoms with Gasteiger partial charge in [0.05, 0.1) is 25.5 Å². The Morgan fingerprint density at radius 3 is 2.35 bits per heavy atom. The highest BCUT2D eigenvalue weighted by Gasteiger charge is 2.48. The molecule has 8 nitrogen and oxygen atoms in total. The van der Waals surface area contributed by atoms with Crippen molar-refractivity contribution < 1.29 is 19.1 Å². The zero-order valence-corrected chi connectivity index (χ0v) is 14.9. The predicted molar refractivity (Wildman–Crippen MR) is 92.4 cm³/mol. The molecule has 134 valence electrons. The SMILES string of the molecule is COC(=O)C1=C(C(=O)OC)C(C)(c2ccccn2)N=C1c1nccn1C. The van der Waals surface area contributed by atoms with Crippen molar-refractivity contribution in [3.63, 3.8) is 0 Å². The van der Waals surface area contributed by atoms with Crippen molar-refractivity contribution in [2.24, 2.45) is 12.0 Å². The maximum Gasteiger partial charge on any atom is 0.340 e. The minimum atomic E-state index is -1.21. The van der Waals surface area contributed by atoms with Gasteiger partial charge in [-0.1, -0.05) is 6.07 Å². The number of esters is 2. The fourth-order valence-electron chi connectivity index (χ4n) is 2.99. The third-order valence-electron chi connectivity index (χ3n) is 4.28. The van der Waals surface area contributed by atoms with E-state index in [4.69, 9.17) is 9.47 Å². The van der Waals surface area contributed by atoms with E-state index in [0.29, 0.717) is 11.5 Å². The van der Waals surface area contributed by atoms with Gasteiger partial charge in [-0.05, 0) is 19.1 Å². The predicted octanol–water partition coefficient (Wildman–Crippen LogP) is 1.18. The van der Waals surface area contributed by atoms with E-state index in [0.717, 1.165) is 0 Å². The molecule has 26 heavy (non-hydrogen) atoms. The molecule has 3 rings (SSSR count). The van der Waals surface area contributed by atoms with Crippen molar-refractivity contribution >= 4 is 17.7 Å². The molecule has 0 saturated carbocycles. The second kappa shape index (κ2) is 6.55. The van der Waals surface area contributed by atoms with Crippen LogP contribution in [-0.4, -0.2) is 46.4 Å². The van der Waals surface area contributed by atoms with Gasteiger partial charge in [-0.15, -0.1) is 0 Å². The van der Waals surface area contributed by atoms with Crippen LogP contribution in [0, 0.1) is 0 Å². The van der Waals surface area contributed by atoms with Crippen molar-refractivity contribution in [3.8, 4) is 0 Å². The average Bonchev–Trinajstić information content (AvgIpc) is 3.22. The Morgan fingerprint density at radius 2 is 1.81 bits per heavy atom. The summed E-state index contributed by atoms with van der Waals surface area (Å²) in [5.74, 6) is -0.926. The summed E-state index contributed by atoms with van der Waals surface area (Å²) in [5.41, 5.74) is -0.339. The van der Waals surface area contributed by atoms with E-state index in [-0.39, 0.29) is 16.9 Å². The second-order valence-electron chi connectivity index (χ2n) is 5.84. The van der Waals surface area contributed by atoms with Crippen molar-refractivity contribution in [3.05, 3.63) is 59.5 Å². The Morgan fingerprint density at radius 1 is 1.08 bits per heavy atom. The summed E-state index contributed by atoms with van der Waals surface area (Å²) >= 11 is 0. The van der Waals surface area contributed by atoms with Crippen molar-refractivity contribution in [1.29, 1.82) is 0 Å². The van der Waals surface area contributed by atoms with E-state index >= 15 is 0 Å². The Kier molecular flexibility index (Phi) is 4.41. The number of hydrogen-bond donors (Lipinski definition) is 0. The lowest BCUT2D eigenvalue weighted by molar-refractivity contribution is -0.139. The zero-order chi connectivity index (χ0) is 18.9. The quantitative estimate of drug-likeness (QED) is 0.765. The number of aromatic nitrogens is 3. The first-order chi connectivity index (χ1) is 12.4. The Labute approximate surface area is 150 Å². The maximum absolute atomic E-state index is 12.6. The molecule has 0 fully saturated rings. The smallest absolute Gasteiger partial charge is 0.340 e. The van der Waals surface area contributed by atoms with Crippen LogP contribution in [0.5, 0.6) is 0 Å². The van der Waals surface area contributed by atoms with E-state index in [9.17, 15) is 9.59 Å². The number of aliphatic imine (C=N–C) groups is 1. The van der Waals surface area contributed by atoms with Crippen LogP contribution in [0.1, 0.15) is 18.4 Å². The minimum absolute atomic E-state index is 0.0294. The van der Waals surface area contributed by atoms with E-state index in [2.05, 4.69) is 15.0 Å². The maximum atomic E-state index is 12.6. The van der Waals surface area contributed by atoms with Crippen molar-refractivity contribution in [1.82, 2.24) is 14.5 Å². The lowest BCUT2D eigenvalue weighted by atomic mass is 9.87. The van der Waals surface area contributed by atoms with Gasteiger partial charge in [-0.25, -0.2) is 14.6 Å². The number of ether oxygens (including phenoxy) is 2. The molecular weight excluding hydrogens is 336 g/mol. The highest BCUT2D eigenvalue weighted by atomic mass is 16.5. The third-order valence-corrected chi connectivity index (χ3v) is 4.28. The number of rotatable bonds is 4. The van der Waals surface area contributed by atoms with Gasteiger partial charge in [-0.3, -0.25) is 9.98 Å². The van der Waals surface area contributed by atoms with Crippen LogP contribution in [0.3, 0.4) is 0 Å². The summed E-state index contributed by atoms with van der Waals surface area (Å²) in [7, 11) is 4.27. The molecule has 3 heterocycles. The third kappa shape index (κ3) is 2.59. The van der Waals surface area contributed by atoms with Crippen LogP contribution in [0.15, 0.2) is 52.9 Å². The van der Waals surface area contributed by atoms with Gasteiger partial charge < -0.3 is 14.0 Å². The van der Waals surface area contributed by atoms with E-state index in [1.807, 2.05) is 0 Å². The number of pyridine rings is 1. The lowest BCUT2D eigenvalue weighted by Crippen LogP contribution is -2.28. The number of aryl methyl sites for hydroxylation is 1. The molecule has 0 bridgehead atoms. The first-order valence-electron chi connectivity index (χ1n) is 7.84. The molecular formula is C18H18N4O4. The van der Waals surface area contributed by atoms with Gasteiger partial charge in [0.1, 0.15) is 16.8 Å². The highest BCUT2D eigenvalue weighted by Crippen LogP contribution is 2.41. The monoisotopic (exact) mass is 354 g/mol. The number of imidazole rings is 1. The molecule has 1 unspecified atom stereocenters. The molecule has 0 saturated heterocycles. The molecule has 2 aromatic heterocycles. The van der Waals surface area contributed by atoms with Crippen LogP contribution in [0.2, 0.25) is 0 Å². The Balaban J connectivity index is 2.35. The summed E-state index contributed by atoms with van der Waals surface area (Å²) in [6.07, 6.45) is 4.91. The van der Waals surface area contributed by atoms with Crippen LogP contribution < -0.4 is 0 Å². The number of carbonyl (C=O) groups excluding carboxylic acids is 2. The highest BCUT2D eigenvalue weighted by molar-refractivity contribution is 6.31. The molecule has 0 aliphatic carbocycles. The average molecular weight is 354 g/mol. The van der Waals surface area contributed by atoms with Gasteiger partial charge in [0.2, 0.25) is 0 Å². The topological polar surface area (TPSA) is 95.7 Å². The summed E-state index contributed by atoms with van der Waals surface area (Å²) in [5, 5.41) is 0. The number of methoxy groups -OCH3 is 2. The normalized spacial score (nSPS) is 19.3. The Hall–Kier alpha value is -3.29. The summed E-state index contributed by atoms with van der Waals surface area (Å²) in [4.78, 5) is 38.5. The standard InChI is InChI=1S/C18H18N4O4/c1-18(11-7-5-6-8-19-11)13(17(24)26-4)12(16(23)25-3)14(21-18)15-20-9-10-22(15)2/h5-10H,1-4H3. The van der Waals surface area contributed by atoms with E-state index in [1.165, 1.54) is 14.2 Å². The molecule has 1 atom stereocenters. The van der Waals surface area contributed by atoms with Gasteiger partial charge >= 0.3 is 11.9 Å². The van der Waals surface area contributed by atoms with Crippen LogP contribution in [0.25, 0.3) is 0 Å². The van der Waals surface area contributed by atoms with E-state index < -0.39 is 17.5 Å². The molecule has 1 aliphatic heterocycles. The molecule has 0 aromatic carbocycles. The fraction of sp³-hybridized carbons (Fsp3) is 0.278. The Bertz CT molecular complexity index is 930. The van der Waals surface area contributed by atoms with Gasteiger partial charge in [0.15, 0.2) is 5.82 Å². The molecule has 0 N–H and O–H groups in total. The van der Waals surface area contributed by atoms with Gasteiger partial charge in [0.25, 0.3) is 0 Å². The molecule has 0 amide bonds. The largest absolute Gasteiger partial charge is 0.466 e. The van der Waals surface area contributed by atoms with Crippen LogP contribution in [0.4, 0.5) is 0 Å². The second-order valence-corrected chi connectivity index (χ2v) is 5.84. The first-order valence-corrected chi connectivity index (χ1v) is 7.84. The first kappa shape index (κ1) is 17.5. The fourth-order valence-corrected chi connectivity index (χ4v) is 2.99.